The summed E-state index contributed by atoms with van der Waals surface area (Å²) >= 11 is 3.57. The Morgan fingerprint density at radius 3 is 2.07 bits per heavy atom. The maximum atomic E-state index is 13.4. The molecule has 0 bridgehead atoms. The fraction of sp³-hybridized carbons (Fsp3) is 0.0870. The van der Waals surface area contributed by atoms with Gasteiger partial charge in [-0.05, 0) is 34.1 Å². The minimum absolute atomic E-state index is 0.172. The number of fused-ring (bicyclic) bond motifs is 2. The minimum Gasteiger partial charge on any atom is -0.355 e. The number of carbonyl (C=O) groups excluding carboxylic acids is 2. The van der Waals surface area contributed by atoms with Gasteiger partial charge in [0, 0.05) is 16.8 Å². The molecule has 1 aliphatic rings. The van der Waals surface area contributed by atoms with Crippen LogP contribution in [0.2, 0.25) is 0 Å². The van der Waals surface area contributed by atoms with E-state index in [0.717, 1.165) is 5.69 Å². The number of hydrogen-bond donors (Lipinski definition) is 2. The molecular formula is C23H19BrN3O2+. The maximum Gasteiger partial charge on any atom is 0.236 e. The zero-order chi connectivity index (χ0) is 20.5. The number of rotatable bonds is 4. The molecule has 3 aromatic rings. The van der Waals surface area contributed by atoms with E-state index in [2.05, 4.69) is 26.6 Å². The molecule has 0 amide bonds. The van der Waals surface area contributed by atoms with Gasteiger partial charge in [0.05, 0.1) is 35.4 Å². The van der Waals surface area contributed by atoms with Crippen LogP contribution in [0.3, 0.4) is 0 Å². The van der Waals surface area contributed by atoms with Crippen LogP contribution in [0.5, 0.6) is 0 Å². The highest BCUT2D eigenvalue weighted by Crippen LogP contribution is 2.41. The third-order valence-corrected chi connectivity index (χ3v) is 5.29. The Labute approximate surface area is 177 Å². The Bertz CT molecular complexity index is 1170. The van der Waals surface area contributed by atoms with E-state index in [4.69, 9.17) is 0 Å². The first-order chi connectivity index (χ1) is 14.0. The maximum absolute atomic E-state index is 13.4. The van der Waals surface area contributed by atoms with Gasteiger partial charge in [0.25, 0.3) is 0 Å². The number of anilines is 3. The van der Waals surface area contributed by atoms with Gasteiger partial charge in [-0.25, -0.2) is 5.32 Å². The van der Waals surface area contributed by atoms with E-state index in [9.17, 15) is 9.59 Å². The van der Waals surface area contributed by atoms with E-state index in [1.807, 2.05) is 55.1 Å². The summed E-state index contributed by atoms with van der Waals surface area (Å²) in [6.07, 6.45) is 1.74. The fourth-order valence-electron chi connectivity index (χ4n) is 3.37. The molecule has 3 aromatic carbocycles. The number of benzene rings is 3. The average Bonchev–Trinajstić information content (AvgIpc) is 2.71. The topological polar surface area (TPSA) is 61.2 Å². The van der Waals surface area contributed by atoms with E-state index in [1.54, 1.807) is 30.6 Å². The molecule has 144 valence electrons. The van der Waals surface area contributed by atoms with Gasteiger partial charge >= 0.3 is 0 Å². The third-order valence-electron chi connectivity index (χ3n) is 4.67. The lowest BCUT2D eigenvalue weighted by Crippen LogP contribution is -2.24. The number of nitrogens with zero attached hydrogens (tertiary/aromatic N) is 1. The minimum atomic E-state index is -0.178. The van der Waals surface area contributed by atoms with E-state index in [0.29, 0.717) is 38.1 Å². The molecule has 0 spiro atoms. The Hall–Kier alpha value is -3.25. The fourth-order valence-corrected chi connectivity index (χ4v) is 3.91. The normalized spacial score (nSPS) is 12.1. The average molecular weight is 449 g/mol. The molecule has 0 saturated heterocycles. The molecule has 2 N–H and O–H groups in total. The molecule has 0 aromatic heterocycles. The largest absolute Gasteiger partial charge is 0.355 e. The SMILES string of the molecule is C[N+](C)=CNc1c(Br)cc(Nc2ccccc2)c2c1C(=O)c1ccccc1C2=O. The molecule has 0 heterocycles. The van der Waals surface area contributed by atoms with Crippen LogP contribution in [0.4, 0.5) is 17.1 Å². The predicted octanol–water partition coefficient (Wildman–Crippen LogP) is 4.68. The molecule has 1 aliphatic carbocycles. The second kappa shape index (κ2) is 7.64. The van der Waals surface area contributed by atoms with Crippen molar-refractivity contribution in [1.29, 1.82) is 0 Å². The summed E-state index contributed by atoms with van der Waals surface area (Å²) in [5.74, 6) is -0.351. The number of halogens is 1. The standard InChI is InChI=1S/C23H18BrN3O2/c1-27(2)13-25-21-17(24)12-18(26-14-8-4-3-5-9-14)19-20(21)23(29)16-11-7-6-10-15(16)22(19)28/h3-13H,1-2H3,(H,26,28)/p+1. The van der Waals surface area contributed by atoms with Gasteiger partial charge in [0.1, 0.15) is 0 Å². The summed E-state index contributed by atoms with van der Waals surface area (Å²) in [5, 5.41) is 6.46. The lowest BCUT2D eigenvalue weighted by molar-refractivity contribution is -0.459. The van der Waals surface area contributed by atoms with E-state index in [1.165, 1.54) is 0 Å². The van der Waals surface area contributed by atoms with Gasteiger partial charge in [0.15, 0.2) is 17.3 Å². The summed E-state index contributed by atoms with van der Waals surface area (Å²) in [5.41, 5.74) is 3.56. The Kier molecular flexibility index (Phi) is 5.03. The number of para-hydroxylation sites is 1. The van der Waals surface area contributed by atoms with E-state index < -0.39 is 0 Å². The molecule has 0 atom stereocenters. The van der Waals surface area contributed by atoms with Crippen LogP contribution in [0, 0.1) is 0 Å². The number of carbonyl (C=O) groups is 2. The summed E-state index contributed by atoms with van der Waals surface area (Å²) in [4.78, 5) is 26.8. The molecule has 5 nitrogen and oxygen atoms in total. The lowest BCUT2D eigenvalue weighted by Gasteiger charge is -2.23. The summed E-state index contributed by atoms with van der Waals surface area (Å²) in [7, 11) is 3.75. The smallest absolute Gasteiger partial charge is 0.236 e. The summed E-state index contributed by atoms with van der Waals surface area (Å²) < 4.78 is 2.52. The zero-order valence-electron chi connectivity index (χ0n) is 16.0. The van der Waals surface area contributed by atoms with Crippen molar-refractivity contribution < 1.29 is 14.2 Å². The van der Waals surface area contributed by atoms with Crippen LogP contribution in [0.25, 0.3) is 0 Å². The number of ketones is 2. The van der Waals surface area contributed by atoms with Crippen LogP contribution >= 0.6 is 15.9 Å². The molecule has 0 fully saturated rings. The van der Waals surface area contributed by atoms with Crippen molar-refractivity contribution in [2.45, 2.75) is 0 Å². The highest BCUT2D eigenvalue weighted by Gasteiger charge is 2.36. The molecule has 0 saturated carbocycles. The monoisotopic (exact) mass is 448 g/mol. The first-order valence-corrected chi connectivity index (χ1v) is 9.90. The van der Waals surface area contributed by atoms with Gasteiger partial charge in [-0.2, -0.15) is 0 Å². The van der Waals surface area contributed by atoms with Gasteiger partial charge in [-0.15, -0.1) is 0 Å². The summed E-state index contributed by atoms with van der Waals surface area (Å²) in [6.45, 7) is 0. The Balaban J connectivity index is 1.96. The van der Waals surface area contributed by atoms with Gasteiger partial charge in [-0.1, -0.05) is 42.5 Å². The van der Waals surface area contributed by atoms with Crippen LogP contribution in [-0.4, -0.2) is 36.6 Å². The quantitative estimate of drug-likeness (QED) is 0.270. The van der Waals surface area contributed by atoms with Crippen molar-refractivity contribution in [3.63, 3.8) is 0 Å². The number of nitrogens with one attached hydrogen (secondary N) is 2. The van der Waals surface area contributed by atoms with Gasteiger partial charge < -0.3 is 5.32 Å². The zero-order valence-corrected chi connectivity index (χ0v) is 17.6. The second-order valence-electron chi connectivity index (χ2n) is 6.96. The molecular weight excluding hydrogens is 430 g/mol. The van der Waals surface area contributed by atoms with Crippen LogP contribution in [-0.2, 0) is 0 Å². The van der Waals surface area contributed by atoms with Crippen molar-refractivity contribution in [1.82, 2.24) is 0 Å². The van der Waals surface area contributed by atoms with Crippen molar-refractivity contribution >= 4 is 50.9 Å². The lowest BCUT2D eigenvalue weighted by atomic mass is 9.82. The third kappa shape index (κ3) is 3.47. The van der Waals surface area contributed by atoms with Gasteiger partial charge in [-0.3, -0.25) is 14.2 Å². The molecule has 0 unspecified atom stereocenters. The first-order valence-electron chi connectivity index (χ1n) is 9.10. The predicted molar refractivity (Wildman–Crippen MR) is 119 cm³/mol. The van der Waals surface area contributed by atoms with Crippen LogP contribution < -0.4 is 10.6 Å². The number of hydrogen-bond acceptors (Lipinski definition) is 3. The molecule has 0 aliphatic heterocycles. The van der Waals surface area contributed by atoms with Crippen LogP contribution in [0.15, 0.2) is 65.1 Å². The molecule has 29 heavy (non-hydrogen) atoms. The first kappa shape index (κ1) is 19.1. The van der Waals surface area contributed by atoms with Crippen molar-refractivity contribution in [2.75, 3.05) is 24.7 Å². The summed E-state index contributed by atoms with van der Waals surface area (Å²) in [6, 6.07) is 18.3. The van der Waals surface area contributed by atoms with Crippen molar-refractivity contribution in [2.24, 2.45) is 0 Å². The van der Waals surface area contributed by atoms with Gasteiger partial charge in [0.2, 0.25) is 6.34 Å². The highest BCUT2D eigenvalue weighted by atomic mass is 79.9. The second-order valence-corrected chi connectivity index (χ2v) is 7.82. The Morgan fingerprint density at radius 1 is 0.862 bits per heavy atom. The van der Waals surface area contributed by atoms with E-state index in [-0.39, 0.29) is 11.6 Å². The van der Waals surface area contributed by atoms with Crippen molar-refractivity contribution in [3.05, 3.63) is 87.4 Å². The molecule has 4 rings (SSSR count). The van der Waals surface area contributed by atoms with Crippen LogP contribution in [0.1, 0.15) is 31.8 Å². The highest BCUT2D eigenvalue weighted by molar-refractivity contribution is 9.10. The molecule has 6 heteroatoms. The van der Waals surface area contributed by atoms with Crippen molar-refractivity contribution in [3.8, 4) is 0 Å². The Morgan fingerprint density at radius 2 is 1.45 bits per heavy atom. The van der Waals surface area contributed by atoms with E-state index >= 15 is 0 Å². The molecule has 0 radical (unpaired) electrons.